The van der Waals surface area contributed by atoms with Gasteiger partial charge in [-0.15, -0.1) is 0 Å². The first kappa shape index (κ1) is 22.5. The molecule has 0 aliphatic rings. The highest BCUT2D eigenvalue weighted by Gasteiger charge is 2.23. The molecule has 0 aromatic heterocycles. The molecular formula is C21H29N3O4S. The maximum absolute atomic E-state index is 12.4. The minimum atomic E-state index is -3.65. The number of hydrogen-bond donors (Lipinski definition) is 1. The summed E-state index contributed by atoms with van der Waals surface area (Å²) in [5.74, 6) is 0.0711. The molecule has 1 N–H and O–H groups in total. The van der Waals surface area contributed by atoms with Crippen LogP contribution in [0.4, 0.5) is 11.4 Å². The Morgan fingerprint density at radius 1 is 1.07 bits per heavy atom. The first-order valence-electron chi connectivity index (χ1n) is 9.55. The Kier molecular flexibility index (Phi) is 8.33. The second-order valence-corrected chi connectivity index (χ2v) is 8.54. The quantitative estimate of drug-likeness (QED) is 0.566. The highest BCUT2D eigenvalue weighted by atomic mass is 32.2. The first-order chi connectivity index (χ1) is 13.8. The van der Waals surface area contributed by atoms with E-state index in [1.54, 1.807) is 24.3 Å². The van der Waals surface area contributed by atoms with Crippen LogP contribution >= 0.6 is 0 Å². The number of carbonyl (C=O) groups is 1. The molecule has 0 aliphatic carbocycles. The average molecular weight is 420 g/mol. The molecule has 7 nitrogen and oxygen atoms in total. The maximum Gasteiger partial charge on any atom is 0.240 e. The topological polar surface area (TPSA) is 79.0 Å². The van der Waals surface area contributed by atoms with E-state index in [1.807, 2.05) is 44.3 Å². The fourth-order valence-electron chi connectivity index (χ4n) is 2.86. The Bertz CT molecular complexity index is 888. The Morgan fingerprint density at radius 3 is 2.38 bits per heavy atom. The van der Waals surface area contributed by atoms with E-state index in [4.69, 9.17) is 4.74 Å². The predicted molar refractivity (Wildman–Crippen MR) is 117 cm³/mol. The van der Waals surface area contributed by atoms with E-state index in [0.717, 1.165) is 29.2 Å². The van der Waals surface area contributed by atoms with Crippen molar-refractivity contribution in [3.05, 3.63) is 54.6 Å². The van der Waals surface area contributed by atoms with Crippen molar-refractivity contribution >= 4 is 27.3 Å². The van der Waals surface area contributed by atoms with Crippen LogP contribution in [0.3, 0.4) is 0 Å². The van der Waals surface area contributed by atoms with Crippen LogP contribution in [0.5, 0.6) is 5.75 Å². The summed E-state index contributed by atoms with van der Waals surface area (Å²) >= 11 is 0. The highest BCUT2D eigenvalue weighted by molar-refractivity contribution is 7.92. The highest BCUT2D eigenvalue weighted by Crippen LogP contribution is 2.29. The SMILES string of the molecule is CCOc1ccccc1N(CC(=O)NCCCN(C)c1ccccc1)S(C)(=O)=O. The molecule has 0 saturated carbocycles. The zero-order valence-electron chi connectivity index (χ0n) is 17.2. The molecule has 0 spiro atoms. The number of carbonyl (C=O) groups excluding carboxylic acids is 1. The molecule has 0 bridgehead atoms. The van der Waals surface area contributed by atoms with Crippen molar-refractivity contribution in [2.24, 2.45) is 0 Å². The van der Waals surface area contributed by atoms with Gasteiger partial charge >= 0.3 is 0 Å². The molecule has 0 heterocycles. The zero-order valence-corrected chi connectivity index (χ0v) is 18.0. The van der Waals surface area contributed by atoms with E-state index in [9.17, 15) is 13.2 Å². The molecule has 0 fully saturated rings. The summed E-state index contributed by atoms with van der Waals surface area (Å²) in [5.41, 5.74) is 1.46. The lowest BCUT2D eigenvalue weighted by Gasteiger charge is -2.24. The zero-order chi connectivity index (χ0) is 21.3. The summed E-state index contributed by atoms with van der Waals surface area (Å²) in [6.45, 7) is 3.15. The molecule has 0 atom stereocenters. The lowest BCUT2D eigenvalue weighted by Crippen LogP contribution is -2.41. The fraction of sp³-hybridized carbons (Fsp3) is 0.381. The monoisotopic (exact) mass is 419 g/mol. The molecule has 158 valence electrons. The van der Waals surface area contributed by atoms with Crippen molar-refractivity contribution in [1.29, 1.82) is 0 Å². The number of hydrogen-bond acceptors (Lipinski definition) is 5. The largest absolute Gasteiger partial charge is 0.492 e. The summed E-state index contributed by atoms with van der Waals surface area (Å²) < 4.78 is 31.2. The van der Waals surface area contributed by atoms with Crippen LogP contribution in [0, 0.1) is 0 Å². The van der Waals surface area contributed by atoms with Crippen molar-refractivity contribution < 1.29 is 17.9 Å². The summed E-state index contributed by atoms with van der Waals surface area (Å²) in [4.78, 5) is 14.5. The second-order valence-electron chi connectivity index (χ2n) is 6.63. The van der Waals surface area contributed by atoms with Crippen molar-refractivity contribution in [3.63, 3.8) is 0 Å². The van der Waals surface area contributed by atoms with Crippen LogP contribution in [0.25, 0.3) is 0 Å². The van der Waals surface area contributed by atoms with Gasteiger partial charge in [0.2, 0.25) is 15.9 Å². The smallest absolute Gasteiger partial charge is 0.240 e. The lowest BCUT2D eigenvalue weighted by atomic mass is 10.3. The number of nitrogens with zero attached hydrogens (tertiary/aromatic N) is 2. The Morgan fingerprint density at radius 2 is 1.72 bits per heavy atom. The summed E-state index contributed by atoms with van der Waals surface area (Å²) in [6.07, 6.45) is 1.82. The van der Waals surface area contributed by atoms with Gasteiger partial charge in [-0.2, -0.15) is 0 Å². The maximum atomic E-state index is 12.4. The number of amides is 1. The van der Waals surface area contributed by atoms with Crippen molar-refractivity contribution in [3.8, 4) is 5.75 Å². The van der Waals surface area contributed by atoms with Crippen molar-refractivity contribution in [2.75, 3.05) is 48.7 Å². The third-order valence-electron chi connectivity index (χ3n) is 4.31. The van der Waals surface area contributed by atoms with Gasteiger partial charge in [0.05, 0.1) is 18.6 Å². The molecule has 8 heteroatoms. The third kappa shape index (κ3) is 6.98. The van der Waals surface area contributed by atoms with Gasteiger partial charge in [-0.25, -0.2) is 8.42 Å². The number of sulfonamides is 1. The van der Waals surface area contributed by atoms with Gasteiger partial charge in [-0.1, -0.05) is 30.3 Å². The van der Waals surface area contributed by atoms with Gasteiger partial charge in [-0.05, 0) is 37.6 Å². The standard InChI is InChI=1S/C21H29N3O4S/c1-4-28-20-14-9-8-13-19(20)24(29(3,26)27)17-21(25)22-15-10-16-23(2)18-11-6-5-7-12-18/h5-9,11-14H,4,10,15-17H2,1-3H3,(H,22,25). The number of para-hydroxylation sites is 3. The van der Waals surface area contributed by atoms with Gasteiger partial charge in [-0.3, -0.25) is 9.10 Å². The Balaban J connectivity index is 1.92. The normalized spacial score (nSPS) is 11.0. The van der Waals surface area contributed by atoms with Crippen LogP contribution in [-0.2, 0) is 14.8 Å². The van der Waals surface area contributed by atoms with E-state index in [0.29, 0.717) is 24.6 Å². The minimum absolute atomic E-state index is 0.294. The Labute approximate surface area is 173 Å². The molecule has 29 heavy (non-hydrogen) atoms. The number of rotatable bonds is 11. The molecule has 2 rings (SSSR count). The summed E-state index contributed by atoms with van der Waals surface area (Å²) in [5, 5.41) is 2.80. The fourth-order valence-corrected chi connectivity index (χ4v) is 3.72. The van der Waals surface area contributed by atoms with Crippen LogP contribution in [0.1, 0.15) is 13.3 Å². The lowest BCUT2D eigenvalue weighted by molar-refractivity contribution is -0.119. The summed E-state index contributed by atoms with van der Waals surface area (Å²) in [6, 6.07) is 16.8. The van der Waals surface area contributed by atoms with Crippen LogP contribution < -0.4 is 19.3 Å². The number of anilines is 2. The summed E-state index contributed by atoms with van der Waals surface area (Å²) in [7, 11) is -1.66. The molecule has 0 unspecified atom stereocenters. The first-order valence-corrected chi connectivity index (χ1v) is 11.4. The van der Waals surface area contributed by atoms with Gasteiger partial charge < -0.3 is 15.0 Å². The van der Waals surface area contributed by atoms with Gasteiger partial charge in [0.25, 0.3) is 0 Å². The predicted octanol–water partition coefficient (Wildman–Crippen LogP) is 2.49. The molecule has 0 aliphatic heterocycles. The van der Waals surface area contributed by atoms with Crippen LogP contribution in [0.15, 0.2) is 54.6 Å². The van der Waals surface area contributed by atoms with Crippen molar-refractivity contribution in [1.82, 2.24) is 5.32 Å². The number of ether oxygens (including phenoxy) is 1. The van der Waals surface area contributed by atoms with E-state index in [1.165, 1.54) is 0 Å². The third-order valence-corrected chi connectivity index (χ3v) is 5.44. The van der Waals surface area contributed by atoms with E-state index in [-0.39, 0.29) is 12.5 Å². The molecule has 0 radical (unpaired) electrons. The molecular weight excluding hydrogens is 390 g/mol. The van der Waals surface area contributed by atoms with E-state index < -0.39 is 10.0 Å². The average Bonchev–Trinajstić information content (AvgIpc) is 2.70. The van der Waals surface area contributed by atoms with Gasteiger partial charge in [0.15, 0.2) is 0 Å². The minimum Gasteiger partial charge on any atom is -0.492 e. The number of benzene rings is 2. The number of nitrogens with one attached hydrogen (secondary N) is 1. The van der Waals surface area contributed by atoms with Gasteiger partial charge in [0.1, 0.15) is 12.3 Å². The van der Waals surface area contributed by atoms with Crippen LogP contribution in [0.2, 0.25) is 0 Å². The van der Waals surface area contributed by atoms with Crippen LogP contribution in [-0.4, -0.2) is 53.9 Å². The van der Waals surface area contributed by atoms with Gasteiger partial charge in [0, 0.05) is 25.8 Å². The molecule has 1 amide bonds. The molecule has 2 aromatic rings. The Hall–Kier alpha value is -2.74. The van der Waals surface area contributed by atoms with E-state index in [2.05, 4.69) is 10.2 Å². The van der Waals surface area contributed by atoms with Crippen molar-refractivity contribution in [2.45, 2.75) is 13.3 Å². The molecule has 0 saturated heterocycles. The molecule has 2 aromatic carbocycles. The van der Waals surface area contributed by atoms with E-state index >= 15 is 0 Å². The second kappa shape index (κ2) is 10.7.